The van der Waals surface area contributed by atoms with Crippen molar-refractivity contribution in [1.29, 1.82) is 0 Å². The summed E-state index contributed by atoms with van der Waals surface area (Å²) in [5.74, 6) is -5.20. The van der Waals surface area contributed by atoms with E-state index in [1.807, 2.05) is 0 Å². The number of amides is 4. The van der Waals surface area contributed by atoms with Crippen LogP contribution in [0.1, 0.15) is 86.4 Å². The summed E-state index contributed by atoms with van der Waals surface area (Å²) >= 11 is 0. The van der Waals surface area contributed by atoms with Gasteiger partial charge in [-0.05, 0) is 70.6 Å². The van der Waals surface area contributed by atoms with Crippen molar-refractivity contribution in [2.75, 3.05) is 20.3 Å². The topological polar surface area (TPSA) is 198 Å². The lowest BCUT2D eigenvalue weighted by Crippen LogP contribution is -2.65. The van der Waals surface area contributed by atoms with Crippen LogP contribution in [0.5, 0.6) is 5.75 Å². The number of cyclic esters (lactones) is 1. The summed E-state index contributed by atoms with van der Waals surface area (Å²) in [5.41, 5.74) is -2.93. The molecule has 2 aliphatic carbocycles. The van der Waals surface area contributed by atoms with E-state index in [4.69, 9.17) is 23.7 Å². The van der Waals surface area contributed by atoms with Gasteiger partial charge in [0.1, 0.15) is 41.6 Å². The first-order chi connectivity index (χ1) is 25.2. The molecule has 1 N–H and O–H groups in total. The highest BCUT2D eigenvalue weighted by Gasteiger charge is 2.74. The summed E-state index contributed by atoms with van der Waals surface area (Å²) in [5, 5.41) is 2.15. The third-order valence-corrected chi connectivity index (χ3v) is 11.0. The van der Waals surface area contributed by atoms with E-state index < -0.39 is 76.1 Å². The van der Waals surface area contributed by atoms with Crippen LogP contribution in [0.15, 0.2) is 53.6 Å². The van der Waals surface area contributed by atoms with E-state index in [1.54, 1.807) is 25.2 Å². The number of benzene rings is 1. The molecule has 3 aliphatic heterocycles. The number of piperidine rings is 1. The summed E-state index contributed by atoms with van der Waals surface area (Å²) in [7, 11) is 1.28. The number of hydrogen-bond donors (Lipinski definition) is 1. The van der Waals surface area contributed by atoms with E-state index in [1.165, 1.54) is 45.2 Å². The Morgan fingerprint density at radius 3 is 2.51 bits per heavy atom. The second-order valence-corrected chi connectivity index (χ2v) is 14.0. The van der Waals surface area contributed by atoms with Crippen LogP contribution in [0, 0.1) is 11.3 Å². The molecular weight excluding hydrogens is 692 g/mol. The van der Waals surface area contributed by atoms with Crippen molar-refractivity contribution >= 4 is 47.5 Å². The summed E-state index contributed by atoms with van der Waals surface area (Å²) in [6.45, 7) is 4.19. The Kier molecular flexibility index (Phi) is 9.88. The maximum absolute atomic E-state index is 13.8. The molecule has 3 fully saturated rings. The molecule has 280 valence electrons. The molecule has 3 heterocycles. The third-order valence-electron chi connectivity index (χ3n) is 11.0. The quantitative estimate of drug-likeness (QED) is 0.0921. The van der Waals surface area contributed by atoms with Crippen molar-refractivity contribution in [2.24, 2.45) is 11.3 Å². The van der Waals surface area contributed by atoms with E-state index in [9.17, 15) is 38.4 Å². The van der Waals surface area contributed by atoms with Crippen molar-refractivity contribution in [1.82, 2.24) is 10.2 Å². The second kappa shape index (κ2) is 14.1. The number of allylic oxidation sites excluding steroid dienone is 3. The summed E-state index contributed by atoms with van der Waals surface area (Å²) < 4.78 is 28.1. The Labute approximate surface area is 304 Å². The predicted octanol–water partition coefficient (Wildman–Crippen LogP) is 2.81. The molecule has 1 aromatic carbocycles. The van der Waals surface area contributed by atoms with Crippen molar-refractivity contribution in [3.05, 3.63) is 64.8 Å². The molecule has 6 rings (SSSR count). The normalized spacial score (nSPS) is 29.4. The number of nitrogens with one attached hydrogen (secondary N) is 1. The zero-order chi connectivity index (χ0) is 38.3. The number of imide groups is 2. The van der Waals surface area contributed by atoms with Gasteiger partial charge >= 0.3 is 23.9 Å². The lowest BCUT2D eigenvalue weighted by atomic mass is 9.62. The monoisotopic (exact) mass is 732 g/mol. The van der Waals surface area contributed by atoms with Crippen LogP contribution >= 0.6 is 0 Å². The molecule has 4 amide bonds. The largest absolute Gasteiger partial charge is 0.489 e. The molecule has 53 heavy (non-hydrogen) atoms. The van der Waals surface area contributed by atoms with Crippen LogP contribution in [-0.2, 0) is 47.7 Å². The highest BCUT2D eigenvalue weighted by molar-refractivity contribution is 6.24. The number of esters is 4. The van der Waals surface area contributed by atoms with E-state index >= 15 is 0 Å². The number of carbonyl (C=O) groups is 8. The molecule has 5 atom stereocenters. The minimum absolute atomic E-state index is 0.00868. The molecular formula is C38H40N2O13. The fraction of sp³-hybridized carbons (Fsp3) is 0.474. The lowest BCUT2D eigenvalue weighted by molar-refractivity contribution is -0.235. The summed E-state index contributed by atoms with van der Waals surface area (Å²) in [6.07, 6.45) is 7.99. The molecule has 15 heteroatoms. The number of methoxy groups -OCH3 is 1. The summed E-state index contributed by atoms with van der Waals surface area (Å²) in [6, 6.07) is 3.33. The van der Waals surface area contributed by atoms with Gasteiger partial charge < -0.3 is 23.7 Å². The first-order valence-corrected chi connectivity index (χ1v) is 17.4. The highest BCUT2D eigenvalue weighted by Crippen LogP contribution is 2.65. The van der Waals surface area contributed by atoms with E-state index in [0.29, 0.717) is 18.4 Å². The maximum atomic E-state index is 13.8. The highest BCUT2D eigenvalue weighted by atomic mass is 16.6. The van der Waals surface area contributed by atoms with Gasteiger partial charge in [-0.1, -0.05) is 24.3 Å². The smallest absolute Gasteiger partial charge is 0.333 e. The molecule has 5 unspecified atom stereocenters. The Bertz CT molecular complexity index is 1910. The SMILES string of the molecule is COC(=O)C1=CCC23CCC(C(C)(C=CC=C(C)C(=O)OCCOc4cccc5c4C(=O)N(C4CCC(=O)NC4=O)C5=O)OC2=O)C3(OC(C)=O)CC1. The van der Waals surface area contributed by atoms with Gasteiger partial charge in [0.05, 0.1) is 18.2 Å². The molecule has 1 aromatic rings. The number of fused-ring (bicyclic) bond motifs is 1. The zero-order valence-corrected chi connectivity index (χ0v) is 29.8. The first-order valence-electron chi connectivity index (χ1n) is 17.4. The van der Waals surface area contributed by atoms with Crippen molar-refractivity contribution < 1.29 is 62.0 Å². The second-order valence-electron chi connectivity index (χ2n) is 14.0. The van der Waals surface area contributed by atoms with Gasteiger partial charge in [0.2, 0.25) is 11.8 Å². The summed E-state index contributed by atoms with van der Waals surface area (Å²) in [4.78, 5) is 103. The fourth-order valence-electron chi connectivity index (χ4n) is 8.45. The van der Waals surface area contributed by atoms with Crippen LogP contribution in [0.4, 0.5) is 0 Å². The van der Waals surface area contributed by atoms with Gasteiger partial charge in [-0.3, -0.25) is 39.0 Å². The predicted molar refractivity (Wildman–Crippen MR) is 181 cm³/mol. The molecule has 0 radical (unpaired) electrons. The van der Waals surface area contributed by atoms with Gasteiger partial charge in [0, 0.05) is 30.4 Å². The van der Waals surface area contributed by atoms with Gasteiger partial charge in [-0.15, -0.1) is 0 Å². The molecule has 2 saturated heterocycles. The number of ether oxygens (including phenoxy) is 5. The molecule has 1 saturated carbocycles. The van der Waals surface area contributed by atoms with Gasteiger partial charge in [-0.25, -0.2) is 9.59 Å². The molecule has 15 nitrogen and oxygen atoms in total. The molecule has 0 aromatic heterocycles. The minimum atomic E-state index is -1.22. The Balaban J connectivity index is 1.09. The number of hydrogen-bond acceptors (Lipinski definition) is 13. The van der Waals surface area contributed by atoms with Crippen molar-refractivity contribution in [3.8, 4) is 5.75 Å². The van der Waals surface area contributed by atoms with E-state index in [0.717, 1.165) is 4.90 Å². The maximum Gasteiger partial charge on any atom is 0.333 e. The van der Waals surface area contributed by atoms with E-state index in [-0.39, 0.29) is 67.8 Å². The van der Waals surface area contributed by atoms with Crippen LogP contribution in [0.3, 0.4) is 0 Å². The number of carbonyl (C=O) groups excluding carboxylic acids is 8. The van der Waals surface area contributed by atoms with Crippen molar-refractivity contribution in [3.63, 3.8) is 0 Å². The van der Waals surface area contributed by atoms with Gasteiger partial charge in [-0.2, -0.15) is 0 Å². The third kappa shape index (κ3) is 6.31. The molecule has 2 bridgehead atoms. The number of nitrogens with zero attached hydrogens (tertiary/aromatic N) is 1. The van der Waals surface area contributed by atoms with Gasteiger partial charge in [0.15, 0.2) is 0 Å². The lowest BCUT2D eigenvalue weighted by Gasteiger charge is -2.54. The first kappa shape index (κ1) is 37.2. The fourth-order valence-corrected chi connectivity index (χ4v) is 8.45. The Morgan fingerprint density at radius 2 is 1.79 bits per heavy atom. The van der Waals surface area contributed by atoms with Crippen LogP contribution < -0.4 is 10.1 Å². The average Bonchev–Trinajstić information content (AvgIpc) is 3.45. The van der Waals surface area contributed by atoms with Crippen LogP contribution in [0.2, 0.25) is 0 Å². The number of rotatable bonds is 10. The van der Waals surface area contributed by atoms with Crippen LogP contribution in [0.25, 0.3) is 0 Å². The average molecular weight is 733 g/mol. The molecule has 0 spiro atoms. The Hall–Kier alpha value is -5.60. The Morgan fingerprint density at radius 1 is 1.02 bits per heavy atom. The zero-order valence-electron chi connectivity index (χ0n) is 29.8. The van der Waals surface area contributed by atoms with Gasteiger partial charge in [0.25, 0.3) is 11.8 Å². The molecule has 5 aliphatic rings. The van der Waals surface area contributed by atoms with Crippen LogP contribution in [-0.4, -0.2) is 90.0 Å². The van der Waals surface area contributed by atoms with Crippen molar-refractivity contribution in [2.45, 2.75) is 83.0 Å². The standard InChI is InChI=1S/C38H40N2O13/c1-21(33(46)51-20-19-50-26-9-5-8-24-29(26)32(45)40(31(24)44)25-10-11-28(42)39-30(25)43)7-6-15-36(3)27-14-17-37(35(48)53-36)16-12-23(34(47)49-4)13-18-38(27,37)52-22(2)41/h5-9,12,15,25,27H,10-11,13-14,16-20H2,1-4H3,(H,39,42,43). The van der Waals surface area contributed by atoms with E-state index in [2.05, 4.69) is 5.32 Å². The minimum Gasteiger partial charge on any atom is -0.489 e.